The molecule has 0 bridgehead atoms. The molecule has 0 saturated carbocycles. The molecule has 0 saturated heterocycles. The summed E-state index contributed by atoms with van der Waals surface area (Å²) in [4.78, 5) is 16.2. The van der Waals surface area contributed by atoms with Crippen LogP contribution in [-0.2, 0) is 11.2 Å². The lowest BCUT2D eigenvalue weighted by Gasteiger charge is -2.06. The van der Waals surface area contributed by atoms with Crippen LogP contribution in [0.4, 0.5) is 5.69 Å². The quantitative estimate of drug-likeness (QED) is 0.786. The van der Waals surface area contributed by atoms with Gasteiger partial charge in [-0.2, -0.15) is 5.10 Å². The third kappa shape index (κ3) is 3.58. The molecular weight excluding hydrogens is 276 g/mol. The Kier molecular flexibility index (Phi) is 4.25. The lowest BCUT2D eigenvalue weighted by atomic mass is 10.1. The molecule has 0 radical (unpaired) electrons. The topological polar surface area (TPSA) is 59.8 Å². The zero-order chi connectivity index (χ0) is 15.2. The van der Waals surface area contributed by atoms with Crippen molar-refractivity contribution in [2.75, 3.05) is 5.32 Å². The summed E-state index contributed by atoms with van der Waals surface area (Å²) in [7, 11) is 0. The molecule has 2 aromatic heterocycles. The van der Waals surface area contributed by atoms with Gasteiger partial charge in [0.1, 0.15) is 0 Å². The maximum atomic E-state index is 11.9. The SMILES string of the molecule is O=C(CCc1ccccc1)Nc1ccc(-n2cccn2)nc1. The lowest BCUT2D eigenvalue weighted by Crippen LogP contribution is -2.12. The molecule has 0 unspecified atom stereocenters. The van der Waals surface area contributed by atoms with Gasteiger partial charge in [0, 0.05) is 18.8 Å². The molecule has 22 heavy (non-hydrogen) atoms. The average molecular weight is 292 g/mol. The van der Waals surface area contributed by atoms with Crippen LogP contribution >= 0.6 is 0 Å². The van der Waals surface area contributed by atoms with Gasteiger partial charge in [0.15, 0.2) is 5.82 Å². The molecule has 3 aromatic rings. The summed E-state index contributed by atoms with van der Waals surface area (Å²) in [5.41, 5.74) is 1.85. The molecule has 110 valence electrons. The van der Waals surface area contributed by atoms with E-state index in [2.05, 4.69) is 15.4 Å². The fourth-order valence-corrected chi connectivity index (χ4v) is 2.13. The second kappa shape index (κ2) is 6.67. The maximum absolute atomic E-state index is 11.9. The van der Waals surface area contributed by atoms with Gasteiger partial charge in [-0.05, 0) is 30.2 Å². The van der Waals surface area contributed by atoms with Gasteiger partial charge in [0.05, 0.1) is 11.9 Å². The number of hydrogen-bond acceptors (Lipinski definition) is 3. The number of carbonyl (C=O) groups excluding carboxylic acids is 1. The standard InChI is InChI=1S/C17H16N4O/c22-17(10-7-14-5-2-1-3-6-14)20-15-8-9-16(18-13-15)21-12-4-11-19-21/h1-6,8-9,11-13H,7,10H2,(H,20,22). The van der Waals surface area contributed by atoms with Crippen molar-refractivity contribution in [2.45, 2.75) is 12.8 Å². The first-order valence-electron chi connectivity index (χ1n) is 7.11. The van der Waals surface area contributed by atoms with Crippen molar-refractivity contribution in [1.82, 2.24) is 14.8 Å². The molecule has 0 spiro atoms. The number of carbonyl (C=O) groups is 1. The first-order valence-corrected chi connectivity index (χ1v) is 7.11. The molecule has 0 aliphatic heterocycles. The number of aryl methyl sites for hydroxylation is 1. The highest BCUT2D eigenvalue weighted by Gasteiger charge is 2.04. The Balaban J connectivity index is 1.55. The van der Waals surface area contributed by atoms with E-state index in [0.717, 1.165) is 12.0 Å². The van der Waals surface area contributed by atoms with Crippen molar-refractivity contribution in [3.8, 4) is 5.82 Å². The molecule has 0 aliphatic carbocycles. The number of nitrogens with one attached hydrogen (secondary N) is 1. The van der Waals surface area contributed by atoms with E-state index in [1.54, 1.807) is 17.1 Å². The average Bonchev–Trinajstić information content (AvgIpc) is 3.09. The largest absolute Gasteiger partial charge is 0.325 e. The molecule has 5 heteroatoms. The van der Waals surface area contributed by atoms with E-state index in [0.29, 0.717) is 17.9 Å². The van der Waals surface area contributed by atoms with E-state index in [1.165, 1.54) is 0 Å². The number of pyridine rings is 1. The van der Waals surface area contributed by atoms with Crippen LogP contribution in [-0.4, -0.2) is 20.7 Å². The highest BCUT2D eigenvalue weighted by Crippen LogP contribution is 2.10. The number of benzene rings is 1. The van der Waals surface area contributed by atoms with Crippen LogP contribution in [0.3, 0.4) is 0 Å². The Morgan fingerprint density at radius 1 is 1.09 bits per heavy atom. The third-order valence-electron chi connectivity index (χ3n) is 3.25. The predicted molar refractivity (Wildman–Crippen MR) is 84.8 cm³/mol. The molecule has 1 N–H and O–H groups in total. The Morgan fingerprint density at radius 2 is 1.95 bits per heavy atom. The summed E-state index contributed by atoms with van der Waals surface area (Å²) < 4.78 is 1.67. The van der Waals surface area contributed by atoms with Gasteiger partial charge in [0.2, 0.25) is 5.91 Å². The van der Waals surface area contributed by atoms with Crippen molar-refractivity contribution in [3.05, 3.63) is 72.7 Å². The van der Waals surface area contributed by atoms with E-state index in [1.807, 2.05) is 54.7 Å². The number of anilines is 1. The number of hydrogen-bond donors (Lipinski definition) is 1. The van der Waals surface area contributed by atoms with Gasteiger partial charge in [0.25, 0.3) is 0 Å². The van der Waals surface area contributed by atoms with Crippen LogP contribution in [0.15, 0.2) is 67.1 Å². The zero-order valence-electron chi connectivity index (χ0n) is 12.0. The van der Waals surface area contributed by atoms with Crippen molar-refractivity contribution < 1.29 is 4.79 Å². The Bertz CT molecular complexity index is 721. The predicted octanol–water partition coefficient (Wildman–Crippen LogP) is 2.84. The smallest absolute Gasteiger partial charge is 0.224 e. The first kappa shape index (κ1) is 14.0. The van der Waals surface area contributed by atoms with Gasteiger partial charge in [-0.1, -0.05) is 30.3 Å². The molecule has 3 rings (SSSR count). The van der Waals surface area contributed by atoms with E-state index >= 15 is 0 Å². The van der Waals surface area contributed by atoms with Crippen LogP contribution in [0.1, 0.15) is 12.0 Å². The highest BCUT2D eigenvalue weighted by atomic mass is 16.1. The van der Waals surface area contributed by atoms with Crippen LogP contribution in [0.2, 0.25) is 0 Å². The van der Waals surface area contributed by atoms with Gasteiger partial charge < -0.3 is 5.32 Å². The van der Waals surface area contributed by atoms with Gasteiger partial charge >= 0.3 is 0 Å². The summed E-state index contributed by atoms with van der Waals surface area (Å²) in [5, 5.41) is 6.96. The van der Waals surface area contributed by atoms with Crippen molar-refractivity contribution >= 4 is 11.6 Å². The van der Waals surface area contributed by atoms with Crippen molar-refractivity contribution in [3.63, 3.8) is 0 Å². The van der Waals surface area contributed by atoms with Gasteiger partial charge in [-0.25, -0.2) is 9.67 Å². The molecule has 1 amide bonds. The fourth-order valence-electron chi connectivity index (χ4n) is 2.13. The lowest BCUT2D eigenvalue weighted by molar-refractivity contribution is -0.116. The molecule has 0 aliphatic rings. The van der Waals surface area contributed by atoms with Crippen LogP contribution in [0.25, 0.3) is 5.82 Å². The van der Waals surface area contributed by atoms with Gasteiger partial charge in [-0.15, -0.1) is 0 Å². The summed E-state index contributed by atoms with van der Waals surface area (Å²) in [6.45, 7) is 0. The van der Waals surface area contributed by atoms with Gasteiger partial charge in [-0.3, -0.25) is 4.79 Å². The van der Waals surface area contributed by atoms with Crippen LogP contribution < -0.4 is 5.32 Å². The zero-order valence-corrected chi connectivity index (χ0v) is 12.0. The minimum Gasteiger partial charge on any atom is -0.325 e. The normalized spacial score (nSPS) is 10.4. The summed E-state index contributed by atoms with van der Waals surface area (Å²) >= 11 is 0. The van der Waals surface area contributed by atoms with E-state index < -0.39 is 0 Å². The molecule has 0 atom stereocenters. The van der Waals surface area contributed by atoms with Crippen molar-refractivity contribution in [2.24, 2.45) is 0 Å². The number of rotatable bonds is 5. The van der Waals surface area contributed by atoms with E-state index in [9.17, 15) is 4.79 Å². The van der Waals surface area contributed by atoms with Crippen molar-refractivity contribution in [1.29, 1.82) is 0 Å². The molecule has 5 nitrogen and oxygen atoms in total. The highest BCUT2D eigenvalue weighted by molar-refractivity contribution is 5.90. The molecule has 0 fully saturated rings. The van der Waals surface area contributed by atoms with Crippen LogP contribution in [0, 0.1) is 0 Å². The number of nitrogens with zero attached hydrogens (tertiary/aromatic N) is 3. The molecule has 2 heterocycles. The van der Waals surface area contributed by atoms with E-state index in [-0.39, 0.29) is 5.91 Å². The number of amides is 1. The Labute approximate surface area is 128 Å². The molecular formula is C17H16N4O. The maximum Gasteiger partial charge on any atom is 0.224 e. The monoisotopic (exact) mass is 292 g/mol. The van der Waals surface area contributed by atoms with E-state index in [4.69, 9.17) is 0 Å². The fraction of sp³-hybridized carbons (Fsp3) is 0.118. The Hall–Kier alpha value is -2.95. The minimum atomic E-state index is -0.0162. The summed E-state index contributed by atoms with van der Waals surface area (Å²) in [5.74, 6) is 0.699. The molecule has 1 aromatic carbocycles. The second-order valence-electron chi connectivity index (χ2n) is 4.89. The van der Waals surface area contributed by atoms with Crippen LogP contribution in [0.5, 0.6) is 0 Å². The number of aromatic nitrogens is 3. The second-order valence-corrected chi connectivity index (χ2v) is 4.89. The summed E-state index contributed by atoms with van der Waals surface area (Å²) in [6.07, 6.45) is 6.33. The first-order chi connectivity index (χ1) is 10.8. The third-order valence-corrected chi connectivity index (χ3v) is 3.25. The minimum absolute atomic E-state index is 0.0162. The summed E-state index contributed by atoms with van der Waals surface area (Å²) in [6, 6.07) is 15.4. The Morgan fingerprint density at radius 3 is 2.64 bits per heavy atom.